The van der Waals surface area contributed by atoms with E-state index in [9.17, 15) is 8.42 Å². The summed E-state index contributed by atoms with van der Waals surface area (Å²) in [5, 5.41) is 0. The Morgan fingerprint density at radius 1 is 1.09 bits per heavy atom. The lowest BCUT2D eigenvalue weighted by molar-refractivity contribution is 0.306. The molecule has 22 heavy (non-hydrogen) atoms. The third-order valence-electron chi connectivity index (χ3n) is 3.04. The van der Waals surface area contributed by atoms with Crippen molar-refractivity contribution in [2.75, 3.05) is 12.0 Å². The molecule has 2 aromatic rings. The summed E-state index contributed by atoms with van der Waals surface area (Å²) in [5.41, 5.74) is 8.19. The lowest BCUT2D eigenvalue weighted by Crippen LogP contribution is -2.04. The Bertz CT molecular complexity index is 735. The Balaban J connectivity index is 1.98. The summed E-state index contributed by atoms with van der Waals surface area (Å²) in [6.07, 6.45) is 2.69. The highest BCUT2D eigenvalue weighted by atomic mass is 32.2. The number of nitrogens with two attached hydrogens (primary N) is 1. The first-order valence-corrected chi connectivity index (χ1v) is 8.90. The minimum Gasteiger partial charge on any atom is -0.489 e. The molecule has 0 fully saturated rings. The first kappa shape index (κ1) is 16.1. The minimum absolute atomic E-state index is 0.0644. The molecule has 0 bridgehead atoms. The molecule has 5 heteroatoms. The molecule has 2 aromatic carbocycles. The number of sulfone groups is 1. The molecule has 0 amide bonds. The van der Waals surface area contributed by atoms with E-state index in [0.717, 1.165) is 16.9 Å². The largest absolute Gasteiger partial charge is 0.489 e. The molecule has 0 aromatic heterocycles. The van der Waals surface area contributed by atoms with Crippen molar-refractivity contribution in [3.05, 3.63) is 71.8 Å². The summed E-state index contributed by atoms with van der Waals surface area (Å²) >= 11 is 0. The van der Waals surface area contributed by atoms with Crippen molar-refractivity contribution in [2.24, 2.45) is 5.73 Å². The van der Waals surface area contributed by atoms with Gasteiger partial charge in [-0.2, -0.15) is 0 Å². The fourth-order valence-corrected chi connectivity index (χ4v) is 2.33. The minimum atomic E-state index is -3.06. The van der Waals surface area contributed by atoms with Crippen LogP contribution in [0.15, 0.2) is 60.7 Å². The summed E-state index contributed by atoms with van der Waals surface area (Å²) < 4.78 is 27.9. The highest BCUT2D eigenvalue weighted by molar-refractivity contribution is 7.90. The van der Waals surface area contributed by atoms with E-state index < -0.39 is 9.84 Å². The van der Waals surface area contributed by atoms with Crippen LogP contribution >= 0.6 is 0 Å². The predicted molar refractivity (Wildman–Crippen MR) is 89.1 cm³/mol. The van der Waals surface area contributed by atoms with Gasteiger partial charge in [0.1, 0.15) is 12.4 Å². The average molecular weight is 317 g/mol. The zero-order valence-electron chi connectivity index (χ0n) is 12.4. The Hall–Kier alpha value is -2.27. The first-order chi connectivity index (χ1) is 10.4. The first-order valence-electron chi connectivity index (χ1n) is 6.84. The normalized spacial score (nSPS) is 12.1. The lowest BCUT2D eigenvalue weighted by Gasteiger charge is -2.07. The molecule has 0 aliphatic heterocycles. The number of hydrogen-bond donors (Lipinski definition) is 1. The van der Waals surface area contributed by atoms with Crippen molar-refractivity contribution in [1.82, 2.24) is 0 Å². The van der Waals surface area contributed by atoms with E-state index in [-0.39, 0.29) is 5.75 Å². The van der Waals surface area contributed by atoms with Gasteiger partial charge in [-0.15, -0.1) is 0 Å². The van der Waals surface area contributed by atoms with E-state index in [1.54, 1.807) is 0 Å². The van der Waals surface area contributed by atoms with E-state index >= 15 is 0 Å². The topological polar surface area (TPSA) is 69.4 Å². The van der Waals surface area contributed by atoms with Crippen molar-refractivity contribution in [2.45, 2.75) is 6.61 Å². The van der Waals surface area contributed by atoms with Gasteiger partial charge in [-0.25, -0.2) is 8.42 Å². The second kappa shape index (κ2) is 7.13. The van der Waals surface area contributed by atoms with Gasteiger partial charge in [0.2, 0.25) is 0 Å². The smallest absolute Gasteiger partial charge is 0.151 e. The van der Waals surface area contributed by atoms with Crippen molar-refractivity contribution in [3.63, 3.8) is 0 Å². The van der Waals surface area contributed by atoms with Crippen LogP contribution in [0.1, 0.15) is 11.1 Å². The van der Waals surface area contributed by atoms with E-state index in [0.29, 0.717) is 12.3 Å². The maximum absolute atomic E-state index is 11.1. The number of rotatable bonds is 6. The highest BCUT2D eigenvalue weighted by Crippen LogP contribution is 2.17. The molecular formula is C17H19NO3S. The maximum atomic E-state index is 11.1. The van der Waals surface area contributed by atoms with Crippen LogP contribution < -0.4 is 10.5 Å². The van der Waals surface area contributed by atoms with Crippen LogP contribution in [-0.4, -0.2) is 20.4 Å². The van der Waals surface area contributed by atoms with Gasteiger partial charge in [0, 0.05) is 12.0 Å². The van der Waals surface area contributed by atoms with Crippen molar-refractivity contribution >= 4 is 15.5 Å². The molecule has 0 saturated heterocycles. The Kier molecular flexibility index (Phi) is 5.22. The van der Waals surface area contributed by atoms with Crippen LogP contribution in [-0.2, 0) is 16.4 Å². The maximum Gasteiger partial charge on any atom is 0.151 e. The molecule has 0 saturated carbocycles. The highest BCUT2D eigenvalue weighted by Gasteiger charge is 2.02. The van der Waals surface area contributed by atoms with Gasteiger partial charge >= 0.3 is 0 Å². The summed E-state index contributed by atoms with van der Waals surface area (Å²) in [5.74, 6) is 0.675. The van der Waals surface area contributed by atoms with Crippen molar-refractivity contribution in [1.29, 1.82) is 0 Å². The van der Waals surface area contributed by atoms with E-state index in [4.69, 9.17) is 10.5 Å². The SMILES string of the molecule is CS(=O)(=O)CC=C(N)c1ccc(OCc2ccccc2)cc1. The molecule has 0 aliphatic rings. The molecule has 0 spiro atoms. The zero-order valence-corrected chi connectivity index (χ0v) is 13.2. The Morgan fingerprint density at radius 3 is 2.32 bits per heavy atom. The zero-order chi connectivity index (χ0) is 16.0. The molecule has 0 unspecified atom stereocenters. The second-order valence-electron chi connectivity index (χ2n) is 5.05. The molecule has 0 atom stereocenters. The number of benzene rings is 2. The van der Waals surface area contributed by atoms with Gasteiger partial charge in [-0.1, -0.05) is 30.3 Å². The van der Waals surface area contributed by atoms with Crippen molar-refractivity contribution < 1.29 is 13.2 Å². The standard InChI is InChI=1S/C17H19NO3S/c1-22(19,20)12-11-17(18)15-7-9-16(10-8-15)21-13-14-5-3-2-4-6-14/h2-11H,12-13,18H2,1H3. The van der Waals surface area contributed by atoms with Crippen LogP contribution in [0.5, 0.6) is 5.75 Å². The Labute approximate surface area is 131 Å². The number of hydrogen-bond acceptors (Lipinski definition) is 4. The van der Waals surface area contributed by atoms with Gasteiger partial charge in [0.15, 0.2) is 9.84 Å². The molecule has 4 nitrogen and oxygen atoms in total. The van der Waals surface area contributed by atoms with Crippen molar-refractivity contribution in [3.8, 4) is 5.75 Å². The van der Waals surface area contributed by atoms with Crippen LogP contribution in [0.25, 0.3) is 5.70 Å². The second-order valence-corrected chi connectivity index (χ2v) is 7.24. The molecule has 0 radical (unpaired) electrons. The lowest BCUT2D eigenvalue weighted by atomic mass is 10.1. The van der Waals surface area contributed by atoms with Gasteiger partial charge in [0.05, 0.1) is 5.75 Å². The average Bonchev–Trinajstić information content (AvgIpc) is 2.51. The third kappa shape index (κ3) is 5.26. The Morgan fingerprint density at radius 2 is 1.73 bits per heavy atom. The summed E-state index contributed by atoms with van der Waals surface area (Å²) in [4.78, 5) is 0. The monoisotopic (exact) mass is 317 g/mol. The van der Waals surface area contributed by atoms with Gasteiger partial charge in [-0.05, 0) is 41.5 Å². The molecule has 0 heterocycles. The summed E-state index contributed by atoms with van der Waals surface area (Å²) in [7, 11) is -3.06. The van der Waals surface area contributed by atoms with E-state index in [1.807, 2.05) is 54.6 Å². The third-order valence-corrected chi connectivity index (χ3v) is 3.81. The molecule has 0 aliphatic carbocycles. The van der Waals surface area contributed by atoms with Crippen LogP contribution in [0.3, 0.4) is 0 Å². The summed E-state index contributed by atoms with van der Waals surface area (Å²) in [6.45, 7) is 0.500. The molecule has 2 N–H and O–H groups in total. The van der Waals surface area contributed by atoms with E-state index in [2.05, 4.69) is 0 Å². The fraction of sp³-hybridized carbons (Fsp3) is 0.176. The molecular weight excluding hydrogens is 298 g/mol. The van der Waals surface area contributed by atoms with Gasteiger partial charge < -0.3 is 10.5 Å². The van der Waals surface area contributed by atoms with Crippen LogP contribution in [0.2, 0.25) is 0 Å². The predicted octanol–water partition coefficient (Wildman–Crippen LogP) is 2.61. The number of ether oxygens (including phenoxy) is 1. The molecule has 2 rings (SSSR count). The van der Waals surface area contributed by atoms with Gasteiger partial charge in [-0.3, -0.25) is 0 Å². The van der Waals surface area contributed by atoms with E-state index in [1.165, 1.54) is 12.3 Å². The summed E-state index contributed by atoms with van der Waals surface area (Å²) in [6, 6.07) is 17.2. The van der Waals surface area contributed by atoms with Crippen LogP contribution in [0, 0.1) is 0 Å². The quantitative estimate of drug-likeness (QED) is 0.889. The molecule has 116 valence electrons. The van der Waals surface area contributed by atoms with Gasteiger partial charge in [0.25, 0.3) is 0 Å². The van der Waals surface area contributed by atoms with Crippen LogP contribution in [0.4, 0.5) is 0 Å². The fourth-order valence-electron chi connectivity index (χ4n) is 1.84.